The summed E-state index contributed by atoms with van der Waals surface area (Å²) < 4.78 is 13.8. The van der Waals surface area contributed by atoms with Crippen LogP contribution in [0.5, 0.6) is 11.5 Å². The lowest BCUT2D eigenvalue weighted by molar-refractivity contribution is -0.123. The molecule has 0 aliphatic heterocycles. The molecule has 0 spiro atoms. The van der Waals surface area contributed by atoms with Gasteiger partial charge in [-0.15, -0.1) is 0 Å². The molecule has 6 nitrogen and oxygen atoms in total. The van der Waals surface area contributed by atoms with Crippen LogP contribution in [0.25, 0.3) is 0 Å². The molecule has 1 fully saturated rings. The van der Waals surface area contributed by atoms with Crippen molar-refractivity contribution in [2.24, 2.45) is 13.0 Å². The molecule has 4 rings (SSSR count). The molecule has 1 heterocycles. The first-order valence-corrected chi connectivity index (χ1v) is 10.6. The lowest BCUT2D eigenvalue weighted by Crippen LogP contribution is -2.32. The van der Waals surface area contributed by atoms with Gasteiger partial charge in [-0.1, -0.05) is 28.1 Å². The minimum atomic E-state index is -0.410. The van der Waals surface area contributed by atoms with E-state index in [1.54, 1.807) is 20.4 Å². The van der Waals surface area contributed by atoms with Gasteiger partial charge in [0.1, 0.15) is 23.4 Å². The average Bonchev–Trinajstić information content (AvgIpc) is 3.46. The fourth-order valence-corrected chi connectivity index (χ4v) is 4.03. The second-order valence-electron chi connectivity index (χ2n) is 7.48. The highest BCUT2D eigenvalue weighted by molar-refractivity contribution is 9.10. The molecular formula is C23H24BrN3O3. The molecule has 1 aliphatic carbocycles. The Morgan fingerprint density at radius 3 is 2.40 bits per heavy atom. The minimum Gasteiger partial charge on any atom is -0.497 e. The van der Waals surface area contributed by atoms with Crippen LogP contribution in [0.1, 0.15) is 35.3 Å². The van der Waals surface area contributed by atoms with Crippen molar-refractivity contribution in [3.05, 3.63) is 76.3 Å². The predicted octanol–water partition coefficient (Wildman–Crippen LogP) is 4.21. The van der Waals surface area contributed by atoms with Gasteiger partial charge in [0.25, 0.3) is 0 Å². The number of nitrogens with zero attached hydrogens (tertiary/aromatic N) is 2. The van der Waals surface area contributed by atoms with Crippen molar-refractivity contribution < 1.29 is 14.3 Å². The number of ether oxygens (including phenoxy) is 2. The van der Waals surface area contributed by atoms with E-state index in [1.807, 2.05) is 48.1 Å². The van der Waals surface area contributed by atoms with Crippen molar-refractivity contribution in [3.8, 4) is 11.5 Å². The smallest absolute Gasteiger partial charge is 0.224 e. The van der Waals surface area contributed by atoms with Crippen LogP contribution >= 0.6 is 15.9 Å². The summed E-state index contributed by atoms with van der Waals surface area (Å²) in [7, 11) is 5.14. The third-order valence-corrected chi connectivity index (χ3v) is 6.06. The van der Waals surface area contributed by atoms with E-state index in [2.05, 4.69) is 38.4 Å². The second kappa shape index (κ2) is 8.52. The van der Waals surface area contributed by atoms with Crippen LogP contribution in [0.3, 0.4) is 0 Å². The number of rotatable bonds is 7. The molecule has 1 aromatic heterocycles. The molecule has 0 saturated heterocycles. The highest BCUT2D eigenvalue weighted by Gasteiger charge is 2.44. The number of imidazole rings is 1. The Labute approximate surface area is 184 Å². The van der Waals surface area contributed by atoms with Gasteiger partial charge in [0, 0.05) is 35.9 Å². The van der Waals surface area contributed by atoms with Crippen molar-refractivity contribution in [2.45, 2.75) is 18.4 Å². The third-order valence-electron chi connectivity index (χ3n) is 5.54. The van der Waals surface area contributed by atoms with E-state index in [0.717, 1.165) is 22.3 Å². The van der Waals surface area contributed by atoms with Crippen molar-refractivity contribution in [2.75, 3.05) is 14.2 Å². The van der Waals surface area contributed by atoms with Crippen LogP contribution in [-0.4, -0.2) is 29.7 Å². The SMILES string of the molecule is COc1cc(OC)cc(C(NC(=O)C2CC2c2ccc(Br)cc2)c2nccn2C)c1. The van der Waals surface area contributed by atoms with Crippen molar-refractivity contribution >= 4 is 21.8 Å². The van der Waals surface area contributed by atoms with Gasteiger partial charge in [0.15, 0.2) is 0 Å². The number of aryl methyl sites for hydroxylation is 1. The van der Waals surface area contributed by atoms with Crippen molar-refractivity contribution in [1.29, 1.82) is 0 Å². The molecule has 1 aliphatic rings. The predicted molar refractivity (Wildman–Crippen MR) is 118 cm³/mol. The quantitative estimate of drug-likeness (QED) is 0.562. The first-order chi connectivity index (χ1) is 14.5. The zero-order valence-corrected chi connectivity index (χ0v) is 18.7. The monoisotopic (exact) mass is 469 g/mol. The fourth-order valence-electron chi connectivity index (χ4n) is 3.76. The van der Waals surface area contributed by atoms with Gasteiger partial charge in [-0.3, -0.25) is 4.79 Å². The molecule has 2 aromatic carbocycles. The largest absolute Gasteiger partial charge is 0.497 e. The van der Waals surface area contributed by atoms with Crippen LogP contribution in [0.4, 0.5) is 0 Å². The Hall–Kier alpha value is -2.80. The van der Waals surface area contributed by atoms with Crippen LogP contribution < -0.4 is 14.8 Å². The number of methoxy groups -OCH3 is 2. The van der Waals surface area contributed by atoms with Gasteiger partial charge in [0.05, 0.1) is 14.2 Å². The Bertz CT molecular complexity index is 1030. The van der Waals surface area contributed by atoms with E-state index in [-0.39, 0.29) is 17.7 Å². The zero-order chi connectivity index (χ0) is 21.3. The number of amides is 1. The molecule has 0 radical (unpaired) electrons. The highest BCUT2D eigenvalue weighted by Crippen LogP contribution is 2.48. The molecule has 156 valence electrons. The number of nitrogens with one attached hydrogen (secondary N) is 1. The Morgan fingerprint density at radius 1 is 1.17 bits per heavy atom. The van der Waals surface area contributed by atoms with Gasteiger partial charge in [0.2, 0.25) is 5.91 Å². The normalized spacial score (nSPS) is 18.5. The van der Waals surface area contributed by atoms with Crippen LogP contribution in [0, 0.1) is 5.92 Å². The lowest BCUT2D eigenvalue weighted by atomic mass is 10.0. The van der Waals surface area contributed by atoms with E-state index in [9.17, 15) is 4.79 Å². The maximum atomic E-state index is 13.1. The Morgan fingerprint density at radius 2 is 1.83 bits per heavy atom. The number of benzene rings is 2. The van der Waals surface area contributed by atoms with Crippen LogP contribution in [-0.2, 0) is 11.8 Å². The molecule has 1 amide bonds. The molecule has 30 heavy (non-hydrogen) atoms. The first-order valence-electron chi connectivity index (χ1n) is 9.76. The van der Waals surface area contributed by atoms with E-state index in [1.165, 1.54) is 5.56 Å². The third kappa shape index (κ3) is 4.21. The van der Waals surface area contributed by atoms with Gasteiger partial charge in [-0.05, 0) is 47.7 Å². The highest BCUT2D eigenvalue weighted by atomic mass is 79.9. The number of halogens is 1. The van der Waals surface area contributed by atoms with Gasteiger partial charge in [-0.2, -0.15) is 0 Å². The summed E-state index contributed by atoms with van der Waals surface area (Å²) in [6.45, 7) is 0. The first kappa shape index (κ1) is 20.5. The number of hydrogen-bond donors (Lipinski definition) is 1. The average molecular weight is 470 g/mol. The second-order valence-corrected chi connectivity index (χ2v) is 8.40. The molecule has 0 bridgehead atoms. The number of hydrogen-bond acceptors (Lipinski definition) is 4. The van der Waals surface area contributed by atoms with E-state index < -0.39 is 6.04 Å². The van der Waals surface area contributed by atoms with E-state index in [0.29, 0.717) is 11.5 Å². The Balaban J connectivity index is 1.60. The standard InChI is InChI=1S/C23H24BrN3O3/c1-27-9-8-25-22(27)21(15-10-17(29-2)12-18(11-15)30-3)26-23(28)20-13-19(20)14-4-6-16(24)7-5-14/h4-12,19-21H,13H2,1-3H3,(H,26,28). The molecular weight excluding hydrogens is 446 g/mol. The number of aromatic nitrogens is 2. The minimum absolute atomic E-state index is 0.0257. The summed E-state index contributed by atoms with van der Waals surface area (Å²) in [6.07, 6.45) is 4.45. The number of carbonyl (C=O) groups is 1. The van der Waals surface area contributed by atoms with Gasteiger partial charge >= 0.3 is 0 Å². The summed E-state index contributed by atoms with van der Waals surface area (Å²) >= 11 is 3.46. The topological polar surface area (TPSA) is 65.4 Å². The maximum Gasteiger partial charge on any atom is 0.224 e. The van der Waals surface area contributed by atoms with E-state index in [4.69, 9.17) is 9.47 Å². The summed E-state index contributed by atoms with van der Waals surface area (Å²) in [5, 5.41) is 3.21. The molecule has 3 aromatic rings. The zero-order valence-electron chi connectivity index (χ0n) is 17.1. The van der Waals surface area contributed by atoms with Gasteiger partial charge < -0.3 is 19.4 Å². The van der Waals surface area contributed by atoms with Crippen LogP contribution in [0.15, 0.2) is 59.3 Å². The van der Waals surface area contributed by atoms with Crippen molar-refractivity contribution in [1.82, 2.24) is 14.9 Å². The number of carbonyl (C=O) groups excluding carboxylic acids is 1. The summed E-state index contributed by atoms with van der Waals surface area (Å²) in [4.78, 5) is 17.6. The lowest BCUT2D eigenvalue weighted by Gasteiger charge is -2.20. The maximum absolute atomic E-state index is 13.1. The molecule has 1 N–H and O–H groups in total. The summed E-state index contributed by atoms with van der Waals surface area (Å²) in [6, 6.07) is 13.4. The van der Waals surface area contributed by atoms with Gasteiger partial charge in [-0.25, -0.2) is 4.98 Å². The molecule has 1 saturated carbocycles. The fraction of sp³-hybridized carbons (Fsp3) is 0.304. The van der Waals surface area contributed by atoms with E-state index >= 15 is 0 Å². The Kier molecular flexibility index (Phi) is 5.81. The molecule has 3 atom stereocenters. The van der Waals surface area contributed by atoms with Crippen LogP contribution in [0.2, 0.25) is 0 Å². The summed E-state index contributed by atoms with van der Waals surface area (Å²) in [5.41, 5.74) is 2.05. The summed E-state index contributed by atoms with van der Waals surface area (Å²) in [5.74, 6) is 2.31. The molecule has 3 unspecified atom stereocenters. The molecule has 7 heteroatoms. The van der Waals surface area contributed by atoms with Crippen molar-refractivity contribution in [3.63, 3.8) is 0 Å².